The summed E-state index contributed by atoms with van der Waals surface area (Å²) in [7, 11) is -2.70. The van der Waals surface area contributed by atoms with Crippen molar-refractivity contribution in [3.8, 4) is 0 Å². The second kappa shape index (κ2) is 7.58. The maximum absolute atomic E-state index is 11.4. The zero-order chi connectivity index (χ0) is 15.9. The number of rotatable bonds is 2. The second-order valence-electron chi connectivity index (χ2n) is 6.40. The molecule has 0 fully saturated rings. The van der Waals surface area contributed by atoms with Crippen molar-refractivity contribution in [1.29, 1.82) is 0 Å². The van der Waals surface area contributed by atoms with Gasteiger partial charge in [-0.15, -0.1) is 0 Å². The Morgan fingerprint density at radius 3 is 1.29 bits per heavy atom. The summed E-state index contributed by atoms with van der Waals surface area (Å²) in [5, 5.41) is 2.00. The Kier molecular flexibility index (Phi) is 6.37. The molecular formula is C19H28OSi. The zero-order valence-corrected chi connectivity index (χ0v) is 14.9. The van der Waals surface area contributed by atoms with E-state index < -0.39 is 8.32 Å². The molecule has 1 nitrogen and oxygen atoms in total. The molecule has 0 heterocycles. The molecule has 2 aromatic rings. The zero-order valence-electron chi connectivity index (χ0n) is 13.9. The van der Waals surface area contributed by atoms with Crippen LogP contribution in [0.3, 0.4) is 0 Å². The average molecular weight is 301 g/mol. The van der Waals surface area contributed by atoms with Gasteiger partial charge in [-0.3, -0.25) is 0 Å². The van der Waals surface area contributed by atoms with Gasteiger partial charge in [0.15, 0.2) is 0 Å². The van der Waals surface area contributed by atoms with Crippen LogP contribution in [0.1, 0.15) is 41.0 Å². The molecule has 0 radical (unpaired) electrons. The minimum absolute atomic E-state index is 0.143. The van der Waals surface area contributed by atoms with E-state index in [1.54, 1.807) is 0 Å². The Hall–Kier alpha value is -1.38. The van der Waals surface area contributed by atoms with E-state index in [0.29, 0.717) is 0 Å². The third-order valence-corrected chi connectivity index (χ3v) is 7.98. The molecule has 0 aromatic heterocycles. The molecule has 2 aromatic carbocycles. The van der Waals surface area contributed by atoms with Crippen LogP contribution in [-0.4, -0.2) is 13.1 Å². The molecule has 1 N–H and O–H groups in total. The summed E-state index contributed by atoms with van der Waals surface area (Å²) in [6, 6.07) is 20.2. The molecule has 0 unspecified atom stereocenters. The van der Waals surface area contributed by atoms with Crippen LogP contribution in [0.2, 0.25) is 5.04 Å². The minimum atomic E-state index is -2.70. The van der Waals surface area contributed by atoms with Crippen LogP contribution < -0.4 is 10.4 Å². The van der Waals surface area contributed by atoms with Crippen LogP contribution >= 0.6 is 0 Å². The first-order valence-corrected chi connectivity index (χ1v) is 9.66. The fourth-order valence-corrected chi connectivity index (χ4v) is 5.81. The number of benzene rings is 2. The monoisotopic (exact) mass is 300 g/mol. The lowest BCUT2D eigenvalue weighted by Crippen LogP contribution is -2.64. The molecule has 0 aliphatic rings. The summed E-state index contributed by atoms with van der Waals surface area (Å²) in [4.78, 5) is 11.4. The molecule has 2 heteroatoms. The van der Waals surface area contributed by atoms with Crippen LogP contribution in [-0.2, 0) is 0 Å². The molecule has 114 valence electrons. The molecule has 2 rings (SSSR count). The molecule has 0 spiro atoms. The van der Waals surface area contributed by atoms with Crippen molar-refractivity contribution in [2.75, 3.05) is 0 Å². The SMILES string of the molecule is CC(C)(C)[Si](O)(c1ccccc1)c1ccccc1.CCC. The molecule has 0 amide bonds. The molecular weight excluding hydrogens is 272 g/mol. The smallest absolute Gasteiger partial charge is 0.258 e. The van der Waals surface area contributed by atoms with Crippen molar-refractivity contribution in [2.24, 2.45) is 0 Å². The lowest BCUT2D eigenvalue weighted by Gasteiger charge is -2.38. The maximum Gasteiger partial charge on any atom is 0.258 e. The van der Waals surface area contributed by atoms with Crippen LogP contribution in [0.4, 0.5) is 0 Å². The van der Waals surface area contributed by atoms with E-state index in [1.165, 1.54) is 6.42 Å². The van der Waals surface area contributed by atoms with E-state index in [-0.39, 0.29) is 5.04 Å². The van der Waals surface area contributed by atoms with Crippen LogP contribution in [0.25, 0.3) is 0 Å². The van der Waals surface area contributed by atoms with Gasteiger partial charge >= 0.3 is 0 Å². The standard InChI is InChI=1S/C16H20OSi.C3H8/c1-16(2,3)18(17,14-10-6-4-7-11-14)15-12-8-5-9-13-15;1-3-2/h4-13,17H,1-3H3;3H2,1-2H3. The van der Waals surface area contributed by atoms with Crippen LogP contribution in [0, 0.1) is 0 Å². The van der Waals surface area contributed by atoms with E-state index in [4.69, 9.17) is 0 Å². The van der Waals surface area contributed by atoms with Gasteiger partial charge in [0.2, 0.25) is 0 Å². The van der Waals surface area contributed by atoms with E-state index >= 15 is 0 Å². The first-order valence-electron chi connectivity index (χ1n) is 7.71. The summed E-state index contributed by atoms with van der Waals surface area (Å²) in [6.45, 7) is 10.6. The topological polar surface area (TPSA) is 20.2 Å². The summed E-state index contributed by atoms with van der Waals surface area (Å²) >= 11 is 0. The van der Waals surface area contributed by atoms with Crippen LogP contribution in [0.5, 0.6) is 0 Å². The average Bonchev–Trinajstić information content (AvgIpc) is 2.48. The lowest BCUT2D eigenvalue weighted by molar-refractivity contribution is 0.505. The Balaban J connectivity index is 0.000000677. The Morgan fingerprint density at radius 2 is 1.05 bits per heavy atom. The summed E-state index contributed by atoms with van der Waals surface area (Å²) < 4.78 is 0. The lowest BCUT2D eigenvalue weighted by atomic mass is 10.2. The summed E-state index contributed by atoms with van der Waals surface area (Å²) in [6.07, 6.45) is 1.25. The highest BCUT2D eigenvalue weighted by Gasteiger charge is 2.46. The van der Waals surface area contributed by atoms with Gasteiger partial charge in [-0.1, -0.05) is 102 Å². The predicted octanol–water partition coefficient (Wildman–Crippen LogP) is 3.96. The first kappa shape index (κ1) is 17.7. The van der Waals surface area contributed by atoms with Gasteiger partial charge in [0, 0.05) is 0 Å². The summed E-state index contributed by atoms with van der Waals surface area (Å²) in [5.74, 6) is 0. The minimum Gasteiger partial charge on any atom is -0.424 e. The highest BCUT2D eigenvalue weighted by Crippen LogP contribution is 2.33. The first-order chi connectivity index (χ1) is 9.87. The summed E-state index contributed by atoms with van der Waals surface area (Å²) in [5.41, 5.74) is 0. The quantitative estimate of drug-likeness (QED) is 0.833. The molecule has 0 aliphatic heterocycles. The van der Waals surface area contributed by atoms with Gasteiger partial charge in [-0.25, -0.2) is 0 Å². The Morgan fingerprint density at radius 1 is 0.762 bits per heavy atom. The van der Waals surface area contributed by atoms with Crippen molar-refractivity contribution < 1.29 is 4.80 Å². The van der Waals surface area contributed by atoms with Gasteiger partial charge < -0.3 is 4.80 Å². The van der Waals surface area contributed by atoms with Gasteiger partial charge in [-0.2, -0.15) is 0 Å². The van der Waals surface area contributed by atoms with Crippen molar-refractivity contribution in [3.63, 3.8) is 0 Å². The van der Waals surface area contributed by atoms with Crippen molar-refractivity contribution >= 4 is 18.7 Å². The molecule has 0 aliphatic carbocycles. The number of hydrogen-bond acceptors (Lipinski definition) is 1. The van der Waals surface area contributed by atoms with Crippen molar-refractivity contribution in [1.82, 2.24) is 0 Å². The third-order valence-electron chi connectivity index (χ3n) is 3.47. The molecule has 0 saturated heterocycles. The van der Waals surface area contributed by atoms with Crippen LogP contribution in [0.15, 0.2) is 60.7 Å². The maximum atomic E-state index is 11.4. The third kappa shape index (κ3) is 4.05. The Labute approximate surface area is 130 Å². The second-order valence-corrected chi connectivity index (χ2v) is 10.5. The van der Waals surface area contributed by atoms with Crippen molar-refractivity contribution in [3.05, 3.63) is 60.7 Å². The van der Waals surface area contributed by atoms with E-state index in [0.717, 1.165) is 10.4 Å². The van der Waals surface area contributed by atoms with Gasteiger partial charge in [-0.05, 0) is 15.4 Å². The van der Waals surface area contributed by atoms with Gasteiger partial charge in [0.1, 0.15) is 0 Å². The van der Waals surface area contributed by atoms with Crippen molar-refractivity contribution in [2.45, 2.75) is 46.1 Å². The van der Waals surface area contributed by atoms with E-state index in [2.05, 4.69) is 34.6 Å². The Bertz CT molecular complexity index is 475. The largest absolute Gasteiger partial charge is 0.424 e. The van der Waals surface area contributed by atoms with E-state index in [1.807, 2.05) is 60.7 Å². The van der Waals surface area contributed by atoms with Gasteiger partial charge in [0.05, 0.1) is 0 Å². The molecule has 0 saturated carbocycles. The fourth-order valence-electron chi connectivity index (χ4n) is 2.39. The molecule has 0 bridgehead atoms. The highest BCUT2D eigenvalue weighted by atomic mass is 28.4. The predicted molar refractivity (Wildman–Crippen MR) is 95.8 cm³/mol. The normalized spacial score (nSPS) is 11.5. The molecule has 0 atom stereocenters. The number of hydrogen-bond donors (Lipinski definition) is 1. The molecule has 21 heavy (non-hydrogen) atoms. The highest BCUT2D eigenvalue weighted by molar-refractivity contribution is 6.98. The van der Waals surface area contributed by atoms with Gasteiger partial charge in [0.25, 0.3) is 8.32 Å². The fraction of sp³-hybridized carbons (Fsp3) is 0.368. The van der Waals surface area contributed by atoms with E-state index in [9.17, 15) is 4.80 Å².